The first-order valence-electron chi connectivity index (χ1n) is 8.90. The molecule has 3 aromatic rings. The van der Waals surface area contributed by atoms with Gasteiger partial charge in [0.05, 0.1) is 4.90 Å². The summed E-state index contributed by atoms with van der Waals surface area (Å²) in [5.74, 6) is -0.935. The Labute approximate surface area is 168 Å². The smallest absolute Gasteiger partial charge is 0.265 e. The normalized spacial score (nSPS) is 17.0. The number of allylic oxidation sites excluding steroid dienone is 1. The van der Waals surface area contributed by atoms with Crippen LogP contribution in [0.1, 0.15) is 21.6 Å². The quantitative estimate of drug-likeness (QED) is 0.517. The molecule has 0 saturated heterocycles. The molecule has 0 radical (unpaired) electrons. The highest BCUT2D eigenvalue weighted by atomic mass is 32.2. The van der Waals surface area contributed by atoms with E-state index in [0.29, 0.717) is 5.56 Å². The van der Waals surface area contributed by atoms with E-state index >= 15 is 0 Å². The summed E-state index contributed by atoms with van der Waals surface area (Å²) < 4.78 is 26.5. The number of carbonyl (C=O) groups is 1. The molecule has 146 valence electrons. The van der Waals surface area contributed by atoms with Crippen molar-refractivity contribution in [1.29, 1.82) is 0 Å². The van der Waals surface area contributed by atoms with Gasteiger partial charge in [0.25, 0.3) is 10.0 Å². The van der Waals surface area contributed by atoms with Gasteiger partial charge >= 0.3 is 0 Å². The topological polar surface area (TPSA) is 87.6 Å². The summed E-state index contributed by atoms with van der Waals surface area (Å²) in [5, 5.41) is 10.9. The van der Waals surface area contributed by atoms with E-state index in [4.69, 9.17) is 0 Å². The maximum atomic E-state index is 13.0. The molecule has 0 atom stereocenters. The van der Waals surface area contributed by atoms with Gasteiger partial charge in [0.1, 0.15) is 5.70 Å². The average molecular weight is 406 g/mol. The lowest BCUT2D eigenvalue weighted by Gasteiger charge is -2.28. The van der Waals surface area contributed by atoms with Gasteiger partial charge < -0.3 is 5.11 Å². The summed E-state index contributed by atoms with van der Waals surface area (Å²) in [6.07, 6.45) is 1.72. The minimum atomic E-state index is -3.94. The molecular weight excluding hydrogens is 388 g/mol. The number of Topliss-reactive ketones (excluding diaryl/α,β-unsaturated/α-hetero) is 1. The average Bonchev–Trinajstić information content (AvgIpc) is 2.73. The van der Waals surface area contributed by atoms with E-state index in [9.17, 15) is 18.3 Å². The van der Waals surface area contributed by atoms with Crippen LogP contribution in [-0.2, 0) is 10.0 Å². The van der Waals surface area contributed by atoms with E-state index in [2.05, 4.69) is 4.98 Å². The molecule has 0 amide bonds. The molecule has 7 heteroatoms. The first-order chi connectivity index (χ1) is 13.8. The molecule has 29 heavy (non-hydrogen) atoms. The molecule has 0 saturated carbocycles. The first-order valence-corrected chi connectivity index (χ1v) is 10.3. The number of aryl methyl sites for hydroxylation is 1. The van der Waals surface area contributed by atoms with Crippen molar-refractivity contribution < 1.29 is 18.3 Å². The summed E-state index contributed by atoms with van der Waals surface area (Å²) in [4.78, 5) is 17.2. The van der Waals surface area contributed by atoms with Crippen molar-refractivity contribution in [3.63, 3.8) is 0 Å². The van der Waals surface area contributed by atoms with Gasteiger partial charge in [-0.05, 0) is 36.8 Å². The molecule has 0 unspecified atom stereocenters. The van der Waals surface area contributed by atoms with Crippen molar-refractivity contribution in [3.05, 3.63) is 89.4 Å². The third-order valence-electron chi connectivity index (χ3n) is 4.91. The predicted octanol–water partition coefficient (Wildman–Crippen LogP) is 3.80. The third-order valence-corrected chi connectivity index (χ3v) is 6.72. The number of aliphatic hydroxyl groups is 1. The van der Waals surface area contributed by atoms with Crippen molar-refractivity contribution in [2.24, 2.45) is 0 Å². The molecule has 1 aliphatic rings. The number of aliphatic hydroxyl groups excluding tert-OH is 1. The van der Waals surface area contributed by atoms with Gasteiger partial charge in [-0.25, -0.2) is 8.42 Å². The molecule has 0 spiro atoms. The Morgan fingerprint density at radius 1 is 1.00 bits per heavy atom. The zero-order valence-corrected chi connectivity index (χ0v) is 16.6. The number of aromatic nitrogens is 1. The van der Waals surface area contributed by atoms with Gasteiger partial charge in [-0.1, -0.05) is 36.4 Å². The number of likely N-dealkylation sites (N-methyl/N-ethyl adjacent to an activating group) is 1. The van der Waals surface area contributed by atoms with Crippen LogP contribution in [0.25, 0.3) is 16.9 Å². The molecule has 6 nitrogen and oxygen atoms in total. The number of nitrogens with zero attached hydrogens (tertiary/aromatic N) is 2. The van der Waals surface area contributed by atoms with Crippen LogP contribution >= 0.6 is 0 Å². The number of hydrogen-bond acceptors (Lipinski definition) is 5. The van der Waals surface area contributed by atoms with Crippen molar-refractivity contribution in [3.8, 4) is 11.1 Å². The molecular formula is C22H18N2O4S. The second kappa shape index (κ2) is 6.86. The van der Waals surface area contributed by atoms with E-state index in [-0.39, 0.29) is 16.2 Å². The summed E-state index contributed by atoms with van der Waals surface area (Å²) >= 11 is 0. The summed E-state index contributed by atoms with van der Waals surface area (Å²) in [7, 11) is -2.67. The third kappa shape index (κ3) is 3.09. The fourth-order valence-corrected chi connectivity index (χ4v) is 4.69. The Hall–Kier alpha value is -3.45. The number of fused-ring (bicyclic) bond motifs is 1. The fraction of sp³-hybridized carbons (Fsp3) is 0.0909. The van der Waals surface area contributed by atoms with Crippen LogP contribution < -0.4 is 0 Å². The molecule has 0 aliphatic carbocycles. The second-order valence-corrected chi connectivity index (χ2v) is 8.70. The number of pyridine rings is 1. The Bertz CT molecular complexity index is 1260. The summed E-state index contributed by atoms with van der Waals surface area (Å²) in [5.41, 5.74) is 2.63. The van der Waals surface area contributed by atoms with Crippen LogP contribution in [0.2, 0.25) is 0 Å². The van der Waals surface area contributed by atoms with E-state index in [1.165, 1.54) is 19.2 Å². The summed E-state index contributed by atoms with van der Waals surface area (Å²) in [6.45, 7) is 1.89. The van der Waals surface area contributed by atoms with Crippen LogP contribution in [-0.4, -0.2) is 35.6 Å². The Morgan fingerprint density at radius 3 is 2.48 bits per heavy atom. The highest BCUT2D eigenvalue weighted by Crippen LogP contribution is 2.34. The lowest BCUT2D eigenvalue weighted by molar-refractivity contribution is 0.100. The number of hydrogen-bond donors (Lipinski definition) is 1. The standard InChI is InChI=1S/C22H18N2O4S/c1-14-10-11-17(13-23-14)15-6-5-7-16(12-15)21(25)20-22(26)18-8-3-4-9-19(18)29(27,28)24(20)2/h3-13,25H,1-2H3. The molecule has 4 rings (SSSR count). The molecule has 1 aliphatic heterocycles. The van der Waals surface area contributed by atoms with Gasteiger partial charge in [0.2, 0.25) is 5.78 Å². The molecule has 2 aromatic carbocycles. The molecule has 2 heterocycles. The van der Waals surface area contributed by atoms with Gasteiger partial charge in [-0.3, -0.25) is 14.1 Å². The maximum absolute atomic E-state index is 13.0. The summed E-state index contributed by atoms with van der Waals surface area (Å²) in [6, 6.07) is 16.7. The van der Waals surface area contributed by atoms with E-state index in [0.717, 1.165) is 21.1 Å². The second-order valence-electron chi connectivity index (χ2n) is 6.76. The lowest BCUT2D eigenvalue weighted by atomic mass is 10.0. The number of benzene rings is 2. The monoisotopic (exact) mass is 406 g/mol. The first kappa shape index (κ1) is 18.9. The largest absolute Gasteiger partial charge is 0.505 e. The van der Waals surface area contributed by atoms with Gasteiger partial charge in [0, 0.05) is 35.6 Å². The van der Waals surface area contributed by atoms with Crippen molar-refractivity contribution >= 4 is 21.6 Å². The number of ketones is 1. The number of sulfonamides is 1. The molecule has 0 bridgehead atoms. The van der Waals surface area contributed by atoms with E-state index < -0.39 is 21.6 Å². The van der Waals surface area contributed by atoms with E-state index in [1.54, 1.807) is 36.5 Å². The Morgan fingerprint density at radius 2 is 1.76 bits per heavy atom. The van der Waals surface area contributed by atoms with Gasteiger partial charge in [-0.2, -0.15) is 0 Å². The van der Waals surface area contributed by atoms with Crippen LogP contribution in [0.3, 0.4) is 0 Å². The molecule has 0 fully saturated rings. The highest BCUT2D eigenvalue weighted by Gasteiger charge is 2.39. The van der Waals surface area contributed by atoms with Crippen LogP contribution in [0.5, 0.6) is 0 Å². The van der Waals surface area contributed by atoms with Gasteiger partial charge in [-0.15, -0.1) is 0 Å². The zero-order valence-electron chi connectivity index (χ0n) is 15.8. The van der Waals surface area contributed by atoms with Crippen LogP contribution in [0.4, 0.5) is 0 Å². The van der Waals surface area contributed by atoms with Gasteiger partial charge in [0.15, 0.2) is 5.76 Å². The fourth-order valence-electron chi connectivity index (χ4n) is 3.30. The van der Waals surface area contributed by atoms with Crippen molar-refractivity contribution in [2.75, 3.05) is 7.05 Å². The van der Waals surface area contributed by atoms with Crippen LogP contribution in [0.15, 0.2) is 77.5 Å². The number of carbonyl (C=O) groups excluding carboxylic acids is 1. The van der Waals surface area contributed by atoms with E-state index in [1.807, 2.05) is 25.1 Å². The molecule has 1 N–H and O–H groups in total. The van der Waals surface area contributed by atoms with Crippen LogP contribution in [0, 0.1) is 6.92 Å². The minimum Gasteiger partial charge on any atom is -0.505 e. The highest BCUT2D eigenvalue weighted by molar-refractivity contribution is 7.89. The maximum Gasteiger partial charge on any atom is 0.265 e. The molecule has 1 aromatic heterocycles. The van der Waals surface area contributed by atoms with Crippen molar-refractivity contribution in [1.82, 2.24) is 9.29 Å². The zero-order chi connectivity index (χ0) is 20.8. The Balaban J connectivity index is 1.87. The Kier molecular flexibility index (Phi) is 4.47. The minimum absolute atomic E-state index is 0.0473. The lowest BCUT2D eigenvalue weighted by Crippen LogP contribution is -2.37. The van der Waals surface area contributed by atoms with Crippen molar-refractivity contribution in [2.45, 2.75) is 11.8 Å². The SMILES string of the molecule is Cc1ccc(-c2cccc(C(O)=C3C(=O)c4ccccc4S(=O)(=O)N3C)c2)cn1. The number of rotatable bonds is 2. The predicted molar refractivity (Wildman–Crippen MR) is 110 cm³/mol.